The number of hydrogen-bond donors (Lipinski definition) is 1. The van der Waals surface area contributed by atoms with Crippen molar-refractivity contribution in [2.75, 3.05) is 18.4 Å². The molecule has 1 aromatic rings. The number of nitrogens with one attached hydrogen (secondary N) is 1. The lowest BCUT2D eigenvalue weighted by Crippen LogP contribution is -2.47. The van der Waals surface area contributed by atoms with E-state index in [0.29, 0.717) is 28.3 Å². The van der Waals surface area contributed by atoms with E-state index in [-0.39, 0.29) is 18.2 Å². The molecule has 1 aromatic carbocycles. The van der Waals surface area contributed by atoms with Crippen LogP contribution in [0.15, 0.2) is 22.7 Å². The molecule has 2 aliphatic heterocycles. The van der Waals surface area contributed by atoms with Crippen LogP contribution in [0.2, 0.25) is 5.02 Å². The summed E-state index contributed by atoms with van der Waals surface area (Å²) in [6.07, 6.45) is 2.50. The fourth-order valence-corrected chi connectivity index (χ4v) is 3.11. The van der Waals surface area contributed by atoms with E-state index in [2.05, 4.69) is 21.2 Å². The maximum atomic E-state index is 12.2. The predicted molar refractivity (Wildman–Crippen MR) is 77.6 cm³/mol. The van der Waals surface area contributed by atoms with Crippen molar-refractivity contribution in [1.29, 1.82) is 0 Å². The monoisotopic (exact) mass is 344 g/mol. The molecular weight excluding hydrogens is 332 g/mol. The number of rotatable bonds is 1. The van der Waals surface area contributed by atoms with Gasteiger partial charge in [-0.25, -0.2) is 4.79 Å². The summed E-state index contributed by atoms with van der Waals surface area (Å²) in [4.78, 5) is 14.1. The van der Waals surface area contributed by atoms with Crippen molar-refractivity contribution >= 4 is 39.2 Å². The van der Waals surface area contributed by atoms with E-state index in [1.54, 1.807) is 6.07 Å². The molecule has 2 fully saturated rings. The molecule has 102 valence electrons. The average Bonchev–Trinajstić information content (AvgIpc) is 2.73. The van der Waals surface area contributed by atoms with E-state index < -0.39 is 0 Å². The van der Waals surface area contributed by atoms with Crippen LogP contribution in [-0.2, 0) is 4.74 Å². The Labute approximate surface area is 125 Å². The summed E-state index contributed by atoms with van der Waals surface area (Å²) in [5, 5.41) is 3.47. The van der Waals surface area contributed by atoms with Gasteiger partial charge in [0.15, 0.2) is 0 Å². The highest BCUT2D eigenvalue weighted by molar-refractivity contribution is 9.10. The van der Waals surface area contributed by atoms with Gasteiger partial charge in [-0.1, -0.05) is 17.7 Å². The van der Waals surface area contributed by atoms with Crippen LogP contribution >= 0.6 is 27.5 Å². The largest absolute Gasteiger partial charge is 0.371 e. The second-order valence-corrected chi connectivity index (χ2v) is 6.09. The maximum Gasteiger partial charge on any atom is 0.322 e. The Morgan fingerprint density at radius 3 is 2.74 bits per heavy atom. The first kappa shape index (κ1) is 13.2. The number of benzene rings is 1. The molecule has 0 saturated carbocycles. The number of halogens is 2. The second-order valence-electron chi connectivity index (χ2n) is 4.89. The van der Waals surface area contributed by atoms with Crippen molar-refractivity contribution in [2.24, 2.45) is 0 Å². The van der Waals surface area contributed by atoms with Crippen LogP contribution in [0.25, 0.3) is 0 Å². The number of hydrogen-bond acceptors (Lipinski definition) is 2. The van der Waals surface area contributed by atoms with Crippen LogP contribution in [0.1, 0.15) is 12.8 Å². The highest BCUT2D eigenvalue weighted by Crippen LogP contribution is 2.31. The lowest BCUT2D eigenvalue weighted by atomic mass is 10.2. The van der Waals surface area contributed by atoms with Crippen molar-refractivity contribution < 1.29 is 9.53 Å². The molecule has 19 heavy (non-hydrogen) atoms. The van der Waals surface area contributed by atoms with Crippen LogP contribution in [0.4, 0.5) is 10.5 Å². The Balaban J connectivity index is 1.69. The van der Waals surface area contributed by atoms with Gasteiger partial charge < -0.3 is 15.0 Å². The second kappa shape index (κ2) is 5.31. The third-order valence-electron chi connectivity index (χ3n) is 3.52. The number of carbonyl (C=O) groups excluding carboxylic acids is 1. The number of anilines is 1. The Morgan fingerprint density at radius 2 is 2.05 bits per heavy atom. The van der Waals surface area contributed by atoms with Gasteiger partial charge in [-0.05, 0) is 40.9 Å². The molecule has 2 aliphatic rings. The van der Waals surface area contributed by atoms with E-state index in [0.717, 1.165) is 12.8 Å². The van der Waals surface area contributed by atoms with Crippen LogP contribution < -0.4 is 5.32 Å². The number of morpholine rings is 1. The number of fused-ring (bicyclic) bond motifs is 2. The van der Waals surface area contributed by atoms with Crippen molar-refractivity contribution in [3.63, 3.8) is 0 Å². The van der Waals surface area contributed by atoms with E-state index in [9.17, 15) is 4.79 Å². The molecule has 1 N–H and O–H groups in total. The number of amides is 2. The van der Waals surface area contributed by atoms with Gasteiger partial charge in [0, 0.05) is 13.1 Å². The number of ether oxygens (including phenoxy) is 1. The maximum absolute atomic E-state index is 12.2. The van der Waals surface area contributed by atoms with E-state index in [4.69, 9.17) is 16.3 Å². The smallest absolute Gasteiger partial charge is 0.322 e. The minimum Gasteiger partial charge on any atom is -0.371 e. The van der Waals surface area contributed by atoms with Crippen LogP contribution in [0.3, 0.4) is 0 Å². The molecule has 0 unspecified atom stereocenters. The number of urea groups is 1. The van der Waals surface area contributed by atoms with Gasteiger partial charge in [0.2, 0.25) is 0 Å². The molecule has 6 heteroatoms. The van der Waals surface area contributed by atoms with Gasteiger partial charge in [-0.15, -0.1) is 0 Å². The zero-order valence-corrected chi connectivity index (χ0v) is 12.6. The van der Waals surface area contributed by atoms with Crippen LogP contribution in [0.5, 0.6) is 0 Å². The van der Waals surface area contributed by atoms with Crippen LogP contribution in [0, 0.1) is 0 Å². The van der Waals surface area contributed by atoms with Gasteiger partial charge >= 0.3 is 6.03 Å². The zero-order valence-electron chi connectivity index (χ0n) is 10.2. The number of likely N-dealkylation sites (tertiary alicyclic amines) is 1. The van der Waals surface area contributed by atoms with Gasteiger partial charge in [0.05, 0.1) is 27.4 Å². The van der Waals surface area contributed by atoms with Crippen molar-refractivity contribution in [3.8, 4) is 0 Å². The summed E-state index contributed by atoms with van der Waals surface area (Å²) < 4.78 is 6.43. The Bertz CT molecular complexity index is 499. The first-order valence-corrected chi connectivity index (χ1v) is 7.46. The normalized spacial score (nSPS) is 25.5. The lowest BCUT2D eigenvalue weighted by Gasteiger charge is -2.32. The molecule has 2 heterocycles. The molecular formula is C13H14BrClN2O2. The van der Waals surface area contributed by atoms with Gasteiger partial charge in [0.1, 0.15) is 0 Å². The quantitative estimate of drug-likeness (QED) is 0.846. The van der Waals surface area contributed by atoms with Gasteiger partial charge in [-0.2, -0.15) is 0 Å². The summed E-state index contributed by atoms with van der Waals surface area (Å²) in [7, 11) is 0. The fraction of sp³-hybridized carbons (Fsp3) is 0.462. The summed E-state index contributed by atoms with van der Waals surface area (Å²) in [6, 6.07) is 5.31. The number of nitrogens with zero attached hydrogens (tertiary/aromatic N) is 1. The lowest BCUT2D eigenvalue weighted by molar-refractivity contribution is -0.0219. The first-order valence-electron chi connectivity index (χ1n) is 6.29. The summed E-state index contributed by atoms with van der Waals surface area (Å²) >= 11 is 9.39. The van der Waals surface area contributed by atoms with Crippen molar-refractivity contribution in [2.45, 2.75) is 25.0 Å². The molecule has 2 atom stereocenters. The van der Waals surface area contributed by atoms with E-state index >= 15 is 0 Å². The Kier molecular flexibility index (Phi) is 3.69. The Hall–Kier alpha value is -0.780. The third kappa shape index (κ3) is 2.73. The molecule has 2 bridgehead atoms. The standard InChI is InChI=1S/C13H14BrClN2O2/c14-12-10(15)2-1-3-11(12)16-13(18)17-6-8-4-5-9(7-17)19-8/h1-3,8-9H,4-7H2,(H,16,18)/t8-,9+. The molecule has 0 radical (unpaired) electrons. The van der Waals surface area contributed by atoms with Crippen molar-refractivity contribution in [3.05, 3.63) is 27.7 Å². The molecule has 2 amide bonds. The zero-order chi connectivity index (χ0) is 13.4. The molecule has 3 rings (SSSR count). The molecule has 0 aromatic heterocycles. The summed E-state index contributed by atoms with van der Waals surface area (Å²) in [5.41, 5.74) is 0.691. The van der Waals surface area contributed by atoms with Gasteiger partial charge in [-0.3, -0.25) is 0 Å². The summed E-state index contributed by atoms with van der Waals surface area (Å²) in [5.74, 6) is 0. The minimum absolute atomic E-state index is 0.0943. The molecule has 4 nitrogen and oxygen atoms in total. The minimum atomic E-state index is -0.0943. The first-order chi connectivity index (χ1) is 9.13. The van der Waals surface area contributed by atoms with Gasteiger partial charge in [0.25, 0.3) is 0 Å². The van der Waals surface area contributed by atoms with E-state index in [1.807, 2.05) is 17.0 Å². The number of carbonyl (C=O) groups is 1. The average molecular weight is 346 g/mol. The summed E-state index contributed by atoms with van der Waals surface area (Å²) in [6.45, 7) is 1.33. The van der Waals surface area contributed by atoms with E-state index in [1.165, 1.54) is 0 Å². The highest BCUT2D eigenvalue weighted by Gasteiger charge is 2.35. The SMILES string of the molecule is O=C(Nc1cccc(Cl)c1Br)N1C[C@H]2CC[C@@H](C1)O2. The molecule has 0 aliphatic carbocycles. The fourth-order valence-electron chi connectivity index (χ4n) is 2.58. The Morgan fingerprint density at radius 1 is 1.37 bits per heavy atom. The molecule has 2 saturated heterocycles. The molecule has 0 spiro atoms. The van der Waals surface area contributed by atoms with Crippen molar-refractivity contribution in [1.82, 2.24) is 4.90 Å². The van der Waals surface area contributed by atoms with Crippen LogP contribution in [-0.4, -0.2) is 36.2 Å². The third-order valence-corrected chi connectivity index (χ3v) is 4.92. The topological polar surface area (TPSA) is 41.6 Å². The highest BCUT2D eigenvalue weighted by atomic mass is 79.9. The predicted octanol–water partition coefficient (Wildman–Crippen LogP) is 3.50.